The van der Waals surface area contributed by atoms with E-state index in [1.807, 2.05) is 6.26 Å². The van der Waals surface area contributed by atoms with Crippen molar-refractivity contribution in [2.24, 2.45) is 0 Å². The molecule has 0 saturated heterocycles. The fourth-order valence-corrected chi connectivity index (χ4v) is 1.94. The Morgan fingerprint density at radius 2 is 2.06 bits per heavy atom. The Kier molecular flexibility index (Phi) is 3.61. The van der Waals surface area contributed by atoms with Gasteiger partial charge in [-0.05, 0) is 30.6 Å². The number of hydrogen-bond acceptors (Lipinski definition) is 4. The zero-order valence-electron chi connectivity index (χ0n) is 9.33. The van der Waals surface area contributed by atoms with E-state index in [2.05, 4.69) is 14.8 Å². The molecule has 1 heterocycles. The number of thioether (sulfide) groups is 1. The third-order valence-corrected chi connectivity index (χ3v) is 2.95. The third kappa shape index (κ3) is 3.15. The maximum Gasteiger partial charge on any atom is 0.586 e. The van der Waals surface area contributed by atoms with E-state index in [1.54, 1.807) is 17.8 Å². The highest BCUT2D eigenvalue weighted by molar-refractivity contribution is 7.98. The van der Waals surface area contributed by atoms with Gasteiger partial charge in [-0.15, -0.1) is 8.78 Å². The van der Waals surface area contributed by atoms with E-state index in [4.69, 9.17) is 0 Å². The summed E-state index contributed by atoms with van der Waals surface area (Å²) in [6, 6.07) is 4.70. The lowest BCUT2D eigenvalue weighted by molar-refractivity contribution is -0.286. The molecule has 1 aliphatic rings. The van der Waals surface area contributed by atoms with Crippen molar-refractivity contribution in [3.63, 3.8) is 0 Å². The highest BCUT2D eigenvalue weighted by atomic mass is 32.2. The van der Waals surface area contributed by atoms with Crippen LogP contribution in [0.3, 0.4) is 0 Å². The number of ether oxygens (including phenoxy) is 2. The number of alkyl halides is 2. The highest BCUT2D eigenvalue weighted by Crippen LogP contribution is 2.42. The Hall–Kier alpha value is -1.17. The standard InChI is InChI=1S/C11H13F2NO2S/c1-17-6-2-5-14-8-3-4-9-10(7-8)16-11(12,13)15-9/h3-4,7,14H,2,5-6H2,1H3. The van der Waals surface area contributed by atoms with Crippen LogP contribution in [0.4, 0.5) is 14.5 Å². The molecule has 0 amide bonds. The van der Waals surface area contributed by atoms with Gasteiger partial charge in [0.1, 0.15) is 0 Å². The minimum atomic E-state index is -3.54. The van der Waals surface area contributed by atoms with Gasteiger partial charge in [-0.1, -0.05) is 0 Å². The first-order chi connectivity index (χ1) is 8.11. The van der Waals surface area contributed by atoms with Crippen LogP contribution in [-0.4, -0.2) is 24.8 Å². The van der Waals surface area contributed by atoms with Crippen molar-refractivity contribution in [1.82, 2.24) is 0 Å². The van der Waals surface area contributed by atoms with Gasteiger partial charge >= 0.3 is 6.29 Å². The van der Waals surface area contributed by atoms with E-state index >= 15 is 0 Å². The van der Waals surface area contributed by atoms with Gasteiger partial charge in [0, 0.05) is 18.3 Å². The third-order valence-electron chi connectivity index (χ3n) is 2.26. The van der Waals surface area contributed by atoms with Crippen molar-refractivity contribution in [2.75, 3.05) is 23.9 Å². The van der Waals surface area contributed by atoms with E-state index < -0.39 is 6.29 Å². The van der Waals surface area contributed by atoms with Gasteiger partial charge < -0.3 is 14.8 Å². The second-order valence-corrected chi connectivity index (χ2v) is 4.59. The maximum absolute atomic E-state index is 12.8. The molecule has 0 bridgehead atoms. The monoisotopic (exact) mass is 261 g/mol. The average Bonchev–Trinajstić information content (AvgIpc) is 2.57. The molecule has 0 spiro atoms. The zero-order valence-corrected chi connectivity index (χ0v) is 10.2. The van der Waals surface area contributed by atoms with Crippen LogP contribution in [0.2, 0.25) is 0 Å². The molecule has 1 N–H and O–H groups in total. The van der Waals surface area contributed by atoms with Crippen molar-refractivity contribution in [3.05, 3.63) is 18.2 Å². The molecule has 0 aromatic heterocycles. The normalized spacial score (nSPS) is 15.9. The van der Waals surface area contributed by atoms with Crippen LogP contribution in [0.5, 0.6) is 11.5 Å². The number of halogens is 2. The second kappa shape index (κ2) is 5.00. The molecular formula is C11H13F2NO2S. The van der Waals surface area contributed by atoms with Crippen LogP contribution in [0, 0.1) is 0 Å². The smallest absolute Gasteiger partial charge is 0.395 e. The topological polar surface area (TPSA) is 30.5 Å². The van der Waals surface area contributed by atoms with Gasteiger partial charge in [0.15, 0.2) is 11.5 Å². The summed E-state index contributed by atoms with van der Waals surface area (Å²) in [5.41, 5.74) is 0.756. The van der Waals surface area contributed by atoms with E-state index in [0.29, 0.717) is 0 Å². The van der Waals surface area contributed by atoms with Crippen molar-refractivity contribution >= 4 is 17.4 Å². The number of nitrogens with one attached hydrogen (secondary N) is 1. The molecule has 94 valence electrons. The molecule has 0 saturated carbocycles. The molecule has 0 unspecified atom stereocenters. The SMILES string of the molecule is CSCCCNc1ccc2c(c1)OC(F)(F)O2. The van der Waals surface area contributed by atoms with Gasteiger partial charge in [0.05, 0.1) is 0 Å². The Bertz CT molecular complexity index is 401. The lowest BCUT2D eigenvalue weighted by atomic mass is 10.2. The Balaban J connectivity index is 1.94. The summed E-state index contributed by atoms with van der Waals surface area (Å²) < 4.78 is 34.2. The molecule has 1 aromatic rings. The molecule has 6 heteroatoms. The number of hydrogen-bond donors (Lipinski definition) is 1. The molecule has 17 heavy (non-hydrogen) atoms. The number of fused-ring (bicyclic) bond motifs is 1. The van der Waals surface area contributed by atoms with Crippen molar-refractivity contribution in [3.8, 4) is 11.5 Å². The van der Waals surface area contributed by atoms with Crippen LogP contribution in [0.25, 0.3) is 0 Å². The first-order valence-corrected chi connectivity index (χ1v) is 6.63. The van der Waals surface area contributed by atoms with Crippen LogP contribution < -0.4 is 14.8 Å². The van der Waals surface area contributed by atoms with Crippen LogP contribution in [0.15, 0.2) is 18.2 Å². The predicted octanol–water partition coefficient (Wildman–Crippen LogP) is 3.17. The van der Waals surface area contributed by atoms with Crippen LogP contribution in [0.1, 0.15) is 6.42 Å². The molecule has 0 fully saturated rings. The quantitative estimate of drug-likeness (QED) is 0.825. The fraction of sp³-hybridized carbons (Fsp3) is 0.455. The largest absolute Gasteiger partial charge is 0.586 e. The van der Waals surface area contributed by atoms with E-state index in [-0.39, 0.29) is 11.5 Å². The minimum absolute atomic E-state index is 0.0738. The van der Waals surface area contributed by atoms with Crippen molar-refractivity contribution in [2.45, 2.75) is 12.7 Å². The summed E-state index contributed by atoms with van der Waals surface area (Å²) >= 11 is 1.77. The number of rotatable bonds is 5. The minimum Gasteiger partial charge on any atom is -0.395 e. The Morgan fingerprint density at radius 1 is 1.29 bits per heavy atom. The van der Waals surface area contributed by atoms with E-state index in [9.17, 15) is 8.78 Å². The van der Waals surface area contributed by atoms with Crippen molar-refractivity contribution in [1.29, 1.82) is 0 Å². The fourth-order valence-electron chi connectivity index (χ4n) is 1.51. The number of anilines is 1. The second-order valence-electron chi connectivity index (χ2n) is 3.60. The van der Waals surface area contributed by atoms with Crippen LogP contribution >= 0.6 is 11.8 Å². The Morgan fingerprint density at radius 3 is 2.82 bits per heavy atom. The van der Waals surface area contributed by atoms with Gasteiger partial charge in [-0.3, -0.25) is 0 Å². The molecule has 0 radical (unpaired) electrons. The lowest BCUT2D eigenvalue weighted by Gasteiger charge is -2.06. The number of benzene rings is 1. The summed E-state index contributed by atoms with van der Waals surface area (Å²) in [6.07, 6.45) is -0.478. The molecule has 0 aliphatic carbocycles. The summed E-state index contributed by atoms with van der Waals surface area (Å²) in [5.74, 6) is 1.21. The van der Waals surface area contributed by atoms with Gasteiger partial charge in [0.2, 0.25) is 0 Å². The van der Waals surface area contributed by atoms with Gasteiger partial charge in [0.25, 0.3) is 0 Å². The van der Waals surface area contributed by atoms with Crippen LogP contribution in [-0.2, 0) is 0 Å². The summed E-state index contributed by atoms with van der Waals surface area (Å²) in [7, 11) is 0. The molecule has 1 aliphatic heterocycles. The van der Waals surface area contributed by atoms with Gasteiger partial charge in [-0.2, -0.15) is 11.8 Å². The average molecular weight is 261 g/mol. The summed E-state index contributed by atoms with van der Waals surface area (Å²) in [6.45, 7) is 0.802. The first kappa shape index (κ1) is 12.3. The Labute approximate surface area is 102 Å². The molecule has 0 atom stereocenters. The van der Waals surface area contributed by atoms with E-state index in [1.165, 1.54) is 12.1 Å². The summed E-state index contributed by atoms with van der Waals surface area (Å²) in [4.78, 5) is 0. The van der Waals surface area contributed by atoms with Gasteiger partial charge in [-0.25, -0.2) is 0 Å². The van der Waals surface area contributed by atoms with Crippen molar-refractivity contribution < 1.29 is 18.3 Å². The lowest BCUT2D eigenvalue weighted by Crippen LogP contribution is -2.25. The highest BCUT2D eigenvalue weighted by Gasteiger charge is 2.43. The predicted molar refractivity (Wildman–Crippen MR) is 64.1 cm³/mol. The molecule has 3 nitrogen and oxygen atoms in total. The summed E-state index contributed by atoms with van der Waals surface area (Å²) in [5, 5.41) is 3.14. The first-order valence-electron chi connectivity index (χ1n) is 5.23. The zero-order chi connectivity index (χ0) is 12.3. The molecule has 2 rings (SSSR count). The maximum atomic E-state index is 12.8. The molecular weight excluding hydrogens is 248 g/mol. The van der Waals surface area contributed by atoms with E-state index in [0.717, 1.165) is 24.4 Å². The molecule has 1 aromatic carbocycles.